The summed E-state index contributed by atoms with van der Waals surface area (Å²) in [4.78, 5) is 18.7. The number of guanidine groups is 1. The number of benzene rings is 1. The van der Waals surface area contributed by atoms with Crippen LogP contribution in [0, 0.1) is 11.2 Å². The first-order valence-electron chi connectivity index (χ1n) is 9.63. The summed E-state index contributed by atoms with van der Waals surface area (Å²) in [6.45, 7) is 5.09. The van der Waals surface area contributed by atoms with E-state index in [2.05, 4.69) is 15.6 Å². The van der Waals surface area contributed by atoms with Crippen molar-refractivity contribution < 1.29 is 9.18 Å². The van der Waals surface area contributed by atoms with Crippen LogP contribution in [0.1, 0.15) is 45.1 Å². The fraction of sp³-hybridized carbons (Fsp3) is 0.619. The van der Waals surface area contributed by atoms with Gasteiger partial charge in [0.2, 0.25) is 5.91 Å². The number of carbonyl (C=O) groups excluding carboxylic acids is 1. The molecule has 2 rings (SSSR count). The number of nitrogens with one attached hydrogen (secondary N) is 2. The molecule has 0 spiro atoms. The van der Waals surface area contributed by atoms with E-state index in [1.54, 1.807) is 18.0 Å². The third kappa shape index (κ3) is 4.99. The van der Waals surface area contributed by atoms with Gasteiger partial charge in [0, 0.05) is 39.6 Å². The molecule has 5 nitrogen and oxygen atoms in total. The summed E-state index contributed by atoms with van der Waals surface area (Å²) < 4.78 is 14.1. The van der Waals surface area contributed by atoms with Crippen LogP contribution >= 0.6 is 0 Å². The van der Waals surface area contributed by atoms with Crippen molar-refractivity contribution in [3.63, 3.8) is 0 Å². The van der Waals surface area contributed by atoms with E-state index < -0.39 is 5.41 Å². The standard InChI is InChI=1S/C21H33FN4O/c1-20(2,16-10-6-7-11-17(16)22)14-24-19(23-3)25-15-21(12-8-9-13-21)18(27)26(4)5/h6-7,10-11H,8-9,12-15H2,1-5H3,(H2,23,24,25). The smallest absolute Gasteiger partial charge is 0.230 e. The van der Waals surface area contributed by atoms with Gasteiger partial charge >= 0.3 is 0 Å². The highest BCUT2D eigenvalue weighted by Crippen LogP contribution is 2.38. The molecule has 2 N–H and O–H groups in total. The summed E-state index contributed by atoms with van der Waals surface area (Å²) in [6, 6.07) is 6.85. The molecule has 0 atom stereocenters. The third-order valence-electron chi connectivity index (χ3n) is 5.54. The van der Waals surface area contributed by atoms with Crippen molar-refractivity contribution in [1.29, 1.82) is 0 Å². The Balaban J connectivity index is 2.00. The van der Waals surface area contributed by atoms with E-state index in [1.165, 1.54) is 6.07 Å². The van der Waals surface area contributed by atoms with E-state index in [1.807, 2.05) is 40.1 Å². The molecular formula is C21H33FN4O. The molecule has 0 saturated heterocycles. The molecule has 0 bridgehead atoms. The molecule has 1 aromatic rings. The lowest BCUT2D eigenvalue weighted by Crippen LogP contribution is -2.50. The Morgan fingerprint density at radius 2 is 1.85 bits per heavy atom. The topological polar surface area (TPSA) is 56.7 Å². The number of hydrogen-bond donors (Lipinski definition) is 2. The lowest BCUT2D eigenvalue weighted by Gasteiger charge is -2.32. The Kier molecular flexibility index (Phi) is 6.84. The summed E-state index contributed by atoms with van der Waals surface area (Å²) in [6.07, 6.45) is 3.95. The lowest BCUT2D eigenvalue weighted by molar-refractivity contribution is -0.138. The second-order valence-electron chi connectivity index (χ2n) is 8.33. The van der Waals surface area contributed by atoms with Gasteiger partial charge in [0.25, 0.3) is 0 Å². The maximum absolute atomic E-state index is 14.1. The molecule has 1 fully saturated rings. The molecule has 1 aliphatic rings. The van der Waals surface area contributed by atoms with Crippen molar-refractivity contribution in [2.45, 2.75) is 44.9 Å². The van der Waals surface area contributed by atoms with E-state index in [-0.39, 0.29) is 17.1 Å². The minimum atomic E-state index is -0.395. The van der Waals surface area contributed by atoms with Gasteiger partial charge in [-0.15, -0.1) is 0 Å². The van der Waals surface area contributed by atoms with Crippen molar-refractivity contribution in [2.75, 3.05) is 34.2 Å². The van der Waals surface area contributed by atoms with E-state index in [0.717, 1.165) is 25.7 Å². The van der Waals surface area contributed by atoms with Crippen LogP contribution in [0.2, 0.25) is 0 Å². The van der Waals surface area contributed by atoms with Crippen molar-refractivity contribution in [1.82, 2.24) is 15.5 Å². The number of hydrogen-bond acceptors (Lipinski definition) is 2. The summed E-state index contributed by atoms with van der Waals surface area (Å²) in [5, 5.41) is 6.62. The van der Waals surface area contributed by atoms with E-state index in [0.29, 0.717) is 24.6 Å². The number of amides is 1. The Hall–Kier alpha value is -2.11. The number of aliphatic imine (C=N–C) groups is 1. The van der Waals surface area contributed by atoms with Crippen molar-refractivity contribution in [3.05, 3.63) is 35.6 Å². The molecule has 0 heterocycles. The molecule has 1 amide bonds. The Morgan fingerprint density at radius 3 is 2.41 bits per heavy atom. The largest absolute Gasteiger partial charge is 0.356 e. The molecule has 27 heavy (non-hydrogen) atoms. The summed E-state index contributed by atoms with van der Waals surface area (Å²) >= 11 is 0. The molecule has 0 unspecified atom stereocenters. The second-order valence-corrected chi connectivity index (χ2v) is 8.33. The Bertz CT molecular complexity index is 679. The number of rotatable bonds is 6. The van der Waals surface area contributed by atoms with E-state index in [4.69, 9.17) is 0 Å². The van der Waals surface area contributed by atoms with Gasteiger partial charge in [-0.1, -0.05) is 44.9 Å². The predicted molar refractivity (Wildman–Crippen MR) is 108 cm³/mol. The summed E-state index contributed by atoms with van der Waals surface area (Å²) in [5.41, 5.74) is -0.0849. The normalized spacial score (nSPS) is 16.9. The average Bonchev–Trinajstić information content (AvgIpc) is 3.11. The fourth-order valence-corrected chi connectivity index (χ4v) is 3.88. The minimum absolute atomic E-state index is 0.176. The highest BCUT2D eigenvalue weighted by molar-refractivity contribution is 5.85. The van der Waals surface area contributed by atoms with Crippen LogP contribution in [0.25, 0.3) is 0 Å². The van der Waals surface area contributed by atoms with Gasteiger partial charge in [-0.25, -0.2) is 4.39 Å². The van der Waals surface area contributed by atoms with Crippen molar-refractivity contribution in [2.24, 2.45) is 10.4 Å². The Labute approximate surface area is 162 Å². The van der Waals surface area contributed by atoms with Gasteiger partial charge in [-0.3, -0.25) is 9.79 Å². The van der Waals surface area contributed by atoms with Crippen LogP contribution < -0.4 is 10.6 Å². The summed E-state index contributed by atoms with van der Waals surface area (Å²) in [5.74, 6) is 0.612. The van der Waals surface area contributed by atoms with Crippen LogP contribution in [-0.4, -0.2) is 51.0 Å². The van der Waals surface area contributed by atoms with E-state index >= 15 is 0 Å². The highest BCUT2D eigenvalue weighted by atomic mass is 19.1. The maximum atomic E-state index is 14.1. The van der Waals surface area contributed by atoms with Crippen LogP contribution in [0.5, 0.6) is 0 Å². The lowest BCUT2D eigenvalue weighted by atomic mass is 9.84. The number of carbonyl (C=O) groups is 1. The zero-order chi connectivity index (χ0) is 20.1. The molecule has 1 saturated carbocycles. The zero-order valence-electron chi connectivity index (χ0n) is 17.2. The van der Waals surface area contributed by atoms with Crippen LogP contribution in [0.3, 0.4) is 0 Å². The molecule has 1 aliphatic carbocycles. The molecular weight excluding hydrogens is 343 g/mol. The summed E-state index contributed by atoms with van der Waals surface area (Å²) in [7, 11) is 5.33. The first-order chi connectivity index (χ1) is 12.7. The second kappa shape index (κ2) is 8.72. The van der Waals surface area contributed by atoms with Gasteiger partial charge in [-0.2, -0.15) is 0 Å². The first-order valence-corrected chi connectivity index (χ1v) is 9.63. The zero-order valence-corrected chi connectivity index (χ0v) is 17.2. The molecule has 6 heteroatoms. The SMILES string of the molecule is CN=C(NCC1(C(=O)N(C)C)CCCC1)NCC(C)(C)c1ccccc1F. The first kappa shape index (κ1) is 21.2. The molecule has 0 aliphatic heterocycles. The fourth-order valence-electron chi connectivity index (χ4n) is 3.88. The number of halogens is 1. The molecule has 0 radical (unpaired) electrons. The van der Waals surface area contributed by atoms with Gasteiger partial charge < -0.3 is 15.5 Å². The van der Waals surface area contributed by atoms with Crippen molar-refractivity contribution in [3.8, 4) is 0 Å². The van der Waals surface area contributed by atoms with Gasteiger partial charge in [0.1, 0.15) is 5.82 Å². The Morgan fingerprint density at radius 1 is 1.22 bits per heavy atom. The van der Waals surface area contributed by atoms with Crippen LogP contribution in [-0.2, 0) is 10.2 Å². The predicted octanol–water partition coefficient (Wildman–Crippen LogP) is 2.92. The van der Waals surface area contributed by atoms with Gasteiger partial charge in [-0.05, 0) is 24.5 Å². The highest BCUT2D eigenvalue weighted by Gasteiger charge is 2.42. The third-order valence-corrected chi connectivity index (χ3v) is 5.54. The van der Waals surface area contributed by atoms with Gasteiger partial charge in [0.05, 0.1) is 5.41 Å². The van der Waals surface area contributed by atoms with Gasteiger partial charge in [0.15, 0.2) is 5.96 Å². The van der Waals surface area contributed by atoms with E-state index in [9.17, 15) is 9.18 Å². The molecule has 0 aromatic heterocycles. The van der Waals surface area contributed by atoms with Crippen LogP contribution in [0.15, 0.2) is 29.3 Å². The molecule has 150 valence electrons. The van der Waals surface area contributed by atoms with Crippen molar-refractivity contribution >= 4 is 11.9 Å². The maximum Gasteiger partial charge on any atom is 0.230 e. The monoisotopic (exact) mass is 376 g/mol. The quantitative estimate of drug-likeness (QED) is 0.593. The molecule has 1 aromatic carbocycles. The van der Waals surface area contributed by atoms with Crippen LogP contribution in [0.4, 0.5) is 4.39 Å². The average molecular weight is 377 g/mol. The number of nitrogens with zero attached hydrogens (tertiary/aromatic N) is 2. The minimum Gasteiger partial charge on any atom is -0.356 e.